The Morgan fingerprint density at radius 2 is 1.56 bits per heavy atom. The van der Waals surface area contributed by atoms with Gasteiger partial charge in [0.1, 0.15) is 0 Å². The maximum Gasteiger partial charge on any atom is 0.0541 e. The van der Waals surface area contributed by atoms with Crippen LogP contribution in [0.5, 0.6) is 0 Å². The molecule has 0 atom stereocenters. The van der Waals surface area contributed by atoms with Crippen LogP contribution in [0.2, 0.25) is 0 Å². The smallest absolute Gasteiger partial charge is 0.0541 e. The summed E-state index contributed by atoms with van der Waals surface area (Å²) in [6.45, 7) is 11.3. The molecular weight excluding hydrogens is 753 g/mol. The monoisotopic (exact) mass is 798 g/mol. The van der Waals surface area contributed by atoms with E-state index in [0.29, 0.717) is 0 Å². The first-order valence-corrected chi connectivity index (χ1v) is 22.5. The zero-order valence-corrected chi connectivity index (χ0v) is 35.5. The number of para-hydroxylation sites is 1. The molecule has 0 fully saturated rings. The Kier molecular flexibility index (Phi) is 9.84. The van der Waals surface area contributed by atoms with Crippen LogP contribution >= 0.6 is 23.1 Å². The minimum Gasteiger partial charge on any atom is -0.317 e. The van der Waals surface area contributed by atoms with Crippen LogP contribution in [0.1, 0.15) is 54.5 Å². The van der Waals surface area contributed by atoms with Crippen LogP contribution in [0.15, 0.2) is 169 Å². The summed E-state index contributed by atoms with van der Waals surface area (Å²) in [5.41, 5.74) is 16.2. The van der Waals surface area contributed by atoms with Crippen LogP contribution in [0.4, 0.5) is 0 Å². The number of thioether (sulfide) groups is 1. The molecule has 3 aromatic heterocycles. The normalized spacial score (nSPS) is 14.9. The lowest BCUT2D eigenvalue weighted by molar-refractivity contribution is 0.897. The first kappa shape index (κ1) is 37.2. The average Bonchev–Trinajstić information content (AvgIpc) is 3.95. The number of rotatable bonds is 7. The lowest BCUT2D eigenvalue weighted by Gasteiger charge is -2.15. The van der Waals surface area contributed by atoms with Crippen molar-refractivity contribution in [1.29, 1.82) is 0 Å². The van der Waals surface area contributed by atoms with E-state index >= 15 is 0 Å². The highest BCUT2D eigenvalue weighted by Gasteiger charge is 2.23. The molecule has 2 aliphatic rings. The largest absolute Gasteiger partial charge is 0.317 e. The summed E-state index contributed by atoms with van der Waals surface area (Å²) in [6.07, 6.45) is 23.5. The Morgan fingerprint density at radius 3 is 2.44 bits per heavy atom. The molecule has 0 bridgehead atoms. The van der Waals surface area contributed by atoms with Crippen LogP contribution in [-0.4, -0.2) is 14.9 Å². The predicted molar refractivity (Wildman–Crippen MR) is 261 cm³/mol. The molecule has 0 N–H and O–H groups in total. The highest BCUT2D eigenvalue weighted by molar-refractivity contribution is 7.99. The van der Waals surface area contributed by atoms with Gasteiger partial charge >= 0.3 is 0 Å². The van der Waals surface area contributed by atoms with Crippen molar-refractivity contribution < 1.29 is 0 Å². The molecule has 2 nitrogen and oxygen atoms in total. The van der Waals surface area contributed by atoms with E-state index in [-0.39, 0.29) is 0 Å². The van der Waals surface area contributed by atoms with Gasteiger partial charge in [0.05, 0.1) is 16.6 Å². The fourth-order valence-electron chi connectivity index (χ4n) is 9.27. The molecule has 0 amide bonds. The van der Waals surface area contributed by atoms with Crippen molar-refractivity contribution in [3.63, 3.8) is 0 Å². The quantitative estimate of drug-likeness (QED) is 0.146. The van der Waals surface area contributed by atoms with Gasteiger partial charge in [0.25, 0.3) is 0 Å². The van der Waals surface area contributed by atoms with E-state index in [0.717, 1.165) is 30.6 Å². The number of thiophene rings is 1. The average molecular weight is 799 g/mol. The highest BCUT2D eigenvalue weighted by Crippen LogP contribution is 2.44. The summed E-state index contributed by atoms with van der Waals surface area (Å²) in [6, 6.07) is 40.4. The second-order valence-electron chi connectivity index (χ2n) is 15.4. The highest BCUT2D eigenvalue weighted by atomic mass is 32.2. The maximum atomic E-state index is 4.80. The number of allylic oxidation sites excluding steroid dienone is 10. The number of hydrogen-bond acceptors (Lipinski definition) is 2. The molecule has 288 valence electrons. The van der Waals surface area contributed by atoms with E-state index in [2.05, 4.69) is 194 Å². The Labute approximate surface area is 355 Å². The van der Waals surface area contributed by atoms with Crippen LogP contribution in [0.25, 0.3) is 83.0 Å². The third-order valence-corrected chi connectivity index (χ3v) is 14.3. The van der Waals surface area contributed by atoms with E-state index in [1.807, 2.05) is 23.1 Å². The fraction of sp³-hybridized carbons (Fsp3) is 0.127. The molecule has 0 unspecified atom stereocenters. The van der Waals surface area contributed by atoms with Gasteiger partial charge in [-0.2, -0.15) is 0 Å². The summed E-state index contributed by atoms with van der Waals surface area (Å²) in [7, 11) is 0. The molecule has 0 spiro atoms. The van der Waals surface area contributed by atoms with Gasteiger partial charge in [0.2, 0.25) is 0 Å². The first-order chi connectivity index (χ1) is 29.0. The molecule has 4 heterocycles. The van der Waals surface area contributed by atoms with E-state index in [4.69, 9.17) is 6.58 Å². The van der Waals surface area contributed by atoms with E-state index in [9.17, 15) is 0 Å². The van der Waals surface area contributed by atoms with Crippen LogP contribution in [0.3, 0.4) is 0 Å². The second-order valence-corrected chi connectivity index (χ2v) is 17.5. The third kappa shape index (κ3) is 6.43. The van der Waals surface area contributed by atoms with Crippen molar-refractivity contribution in [2.75, 3.05) is 5.75 Å². The lowest BCUT2D eigenvalue weighted by Crippen LogP contribution is -2.03. The van der Waals surface area contributed by atoms with Gasteiger partial charge in [0, 0.05) is 70.0 Å². The van der Waals surface area contributed by atoms with Gasteiger partial charge in [-0.15, -0.1) is 23.1 Å². The number of fused-ring (bicyclic) bond motifs is 8. The number of nitrogens with zero attached hydrogens (tertiary/aromatic N) is 2. The van der Waals surface area contributed by atoms with E-state index in [1.165, 1.54) is 103 Å². The molecular formula is C55H46N2S2. The summed E-state index contributed by atoms with van der Waals surface area (Å²) >= 11 is 3.76. The number of aromatic nitrogens is 2. The Balaban J connectivity index is 1.12. The van der Waals surface area contributed by atoms with Gasteiger partial charge in [-0.25, -0.2) is 0 Å². The molecule has 4 heteroatoms. The minimum absolute atomic E-state index is 0.885. The maximum absolute atomic E-state index is 4.80. The second kappa shape index (κ2) is 15.6. The van der Waals surface area contributed by atoms with Crippen LogP contribution in [-0.2, 0) is 12.8 Å². The van der Waals surface area contributed by atoms with Crippen molar-refractivity contribution in [3.05, 3.63) is 191 Å². The van der Waals surface area contributed by atoms with Crippen molar-refractivity contribution >= 4 is 95.0 Å². The minimum atomic E-state index is 0.885. The van der Waals surface area contributed by atoms with E-state index < -0.39 is 0 Å². The first-order valence-electron chi connectivity index (χ1n) is 20.7. The van der Waals surface area contributed by atoms with Crippen LogP contribution < -0.4 is 0 Å². The standard InChI is InChI=1S/C55H46N2S2/c1-5-17-41(6-2)57-48-24-11-8-20-43(48)46-35-40(31-32-50(46)57)42-23-15-26-51-54(42)45-22-9-12-25-49(45)56(51)36(3)34-47-44-21-10-14-28-53(44)59-55(47)37(4)38-19-16-33-58-52-27-13-7-18-39(52)30-29-38/h5-11,13-24,26-29,31-32,34-35H,4,12,25,30,33H2,1-3H3/b17-5-,19-16?,36-34+,38-29?,41-6+. The zero-order chi connectivity index (χ0) is 40.0. The summed E-state index contributed by atoms with van der Waals surface area (Å²) < 4.78 is 6.22. The Bertz CT molecular complexity index is 3180. The van der Waals surface area contributed by atoms with Gasteiger partial charge in [-0.3, -0.25) is 0 Å². The fourth-order valence-corrected chi connectivity index (χ4v) is 11.3. The summed E-state index contributed by atoms with van der Waals surface area (Å²) in [4.78, 5) is 2.59. The molecule has 0 saturated carbocycles. The van der Waals surface area contributed by atoms with Crippen LogP contribution in [0, 0.1) is 0 Å². The van der Waals surface area contributed by atoms with Gasteiger partial charge < -0.3 is 9.13 Å². The zero-order valence-electron chi connectivity index (χ0n) is 33.8. The molecule has 10 rings (SSSR count). The molecule has 1 aliphatic heterocycles. The SMILES string of the molecule is C=C(C1=CCc2ccccc2SCC=C1)c1sc2ccccc2c1/C=C(\C)n1c2c(c3c(-c4ccc5c(c4)c4ccccc4n5C(/C=C\C)=C/C)cccc31)C=CCC2. The molecule has 0 saturated heterocycles. The molecule has 59 heavy (non-hydrogen) atoms. The summed E-state index contributed by atoms with van der Waals surface area (Å²) in [5, 5.41) is 5.12. The van der Waals surface area contributed by atoms with Crippen molar-refractivity contribution in [2.24, 2.45) is 0 Å². The number of benzene rings is 5. The molecule has 1 aliphatic carbocycles. The predicted octanol–water partition coefficient (Wildman–Crippen LogP) is 15.9. The van der Waals surface area contributed by atoms with Crippen molar-refractivity contribution in [2.45, 2.75) is 44.9 Å². The third-order valence-electron chi connectivity index (χ3n) is 12.0. The topological polar surface area (TPSA) is 9.86 Å². The van der Waals surface area contributed by atoms with Crippen molar-refractivity contribution in [3.8, 4) is 11.1 Å². The Morgan fingerprint density at radius 1 is 0.763 bits per heavy atom. The number of hydrogen-bond donors (Lipinski definition) is 0. The van der Waals surface area contributed by atoms with Crippen molar-refractivity contribution in [1.82, 2.24) is 9.13 Å². The van der Waals surface area contributed by atoms with Gasteiger partial charge in [-0.05, 0) is 116 Å². The Hall–Kier alpha value is -6.07. The molecule has 0 radical (unpaired) electrons. The molecule has 5 aromatic carbocycles. The summed E-state index contributed by atoms with van der Waals surface area (Å²) in [5.74, 6) is 0.938. The lowest BCUT2D eigenvalue weighted by atomic mass is 9.95. The molecule has 8 aromatic rings. The van der Waals surface area contributed by atoms with Gasteiger partial charge in [0.15, 0.2) is 0 Å². The van der Waals surface area contributed by atoms with Gasteiger partial charge in [-0.1, -0.05) is 122 Å². The van der Waals surface area contributed by atoms with E-state index in [1.54, 1.807) is 0 Å².